The van der Waals surface area contributed by atoms with Gasteiger partial charge in [-0.15, -0.1) is 0 Å². The summed E-state index contributed by atoms with van der Waals surface area (Å²) in [6, 6.07) is 0. The number of rotatable bonds is 7. The molecule has 0 bridgehead atoms. The molecular weight excluding hydrogens is 156 g/mol. The lowest BCUT2D eigenvalue weighted by atomic mass is 9.67. The third kappa shape index (κ3) is 3.32. The van der Waals surface area contributed by atoms with Crippen molar-refractivity contribution in [2.75, 3.05) is 0 Å². The molecule has 0 rings (SSSR count). The molecule has 0 aromatic rings. The number of hydrogen-bond donors (Lipinski definition) is 0. The van der Waals surface area contributed by atoms with Crippen molar-refractivity contribution in [2.45, 2.75) is 73.1 Å². The van der Waals surface area contributed by atoms with E-state index >= 15 is 0 Å². The maximum Gasteiger partial charge on any atom is -0.0275 e. The molecule has 1 unspecified atom stereocenters. The van der Waals surface area contributed by atoms with Gasteiger partial charge in [0.2, 0.25) is 0 Å². The largest absolute Gasteiger partial charge is 0.0654 e. The fraction of sp³-hybridized carbons (Fsp3) is 1.00. The van der Waals surface area contributed by atoms with Gasteiger partial charge in [0.05, 0.1) is 0 Å². The van der Waals surface area contributed by atoms with E-state index < -0.39 is 0 Å². The molecular formula is C13H28. The first-order valence-corrected chi connectivity index (χ1v) is 6.16. The van der Waals surface area contributed by atoms with Gasteiger partial charge >= 0.3 is 0 Å². The van der Waals surface area contributed by atoms with Gasteiger partial charge in [-0.05, 0) is 24.2 Å². The molecule has 0 fully saturated rings. The first-order valence-electron chi connectivity index (χ1n) is 6.16. The summed E-state index contributed by atoms with van der Waals surface area (Å²) < 4.78 is 0. The molecule has 0 amide bonds. The highest BCUT2D eigenvalue weighted by Crippen LogP contribution is 2.42. The van der Waals surface area contributed by atoms with E-state index in [9.17, 15) is 0 Å². The molecule has 0 saturated heterocycles. The second-order valence-electron chi connectivity index (χ2n) is 4.53. The Labute approximate surface area is 85.1 Å². The lowest BCUT2D eigenvalue weighted by Crippen LogP contribution is -2.27. The average molecular weight is 184 g/mol. The van der Waals surface area contributed by atoms with Crippen LogP contribution in [0.2, 0.25) is 0 Å². The quantitative estimate of drug-likeness (QED) is 0.520. The van der Waals surface area contributed by atoms with E-state index in [2.05, 4.69) is 34.6 Å². The van der Waals surface area contributed by atoms with Crippen molar-refractivity contribution in [3.63, 3.8) is 0 Å². The second-order valence-corrected chi connectivity index (χ2v) is 4.53. The number of hydrogen-bond acceptors (Lipinski definition) is 0. The Bertz CT molecular complexity index is 109. The van der Waals surface area contributed by atoms with Crippen LogP contribution in [0.25, 0.3) is 0 Å². The summed E-state index contributed by atoms with van der Waals surface area (Å²) in [5.74, 6) is 0.900. The van der Waals surface area contributed by atoms with Crippen LogP contribution in [-0.4, -0.2) is 0 Å². The molecule has 0 spiro atoms. The summed E-state index contributed by atoms with van der Waals surface area (Å²) in [4.78, 5) is 0. The Morgan fingerprint density at radius 1 is 0.923 bits per heavy atom. The van der Waals surface area contributed by atoms with Crippen molar-refractivity contribution in [3.05, 3.63) is 0 Å². The average Bonchev–Trinajstić information content (AvgIpc) is 2.16. The molecule has 0 aliphatic carbocycles. The van der Waals surface area contributed by atoms with Crippen molar-refractivity contribution in [3.8, 4) is 0 Å². The van der Waals surface area contributed by atoms with Crippen LogP contribution in [-0.2, 0) is 0 Å². The van der Waals surface area contributed by atoms with E-state index in [1.54, 1.807) is 0 Å². The zero-order chi connectivity index (χ0) is 10.3. The molecule has 0 aromatic carbocycles. The Balaban J connectivity index is 4.42. The van der Waals surface area contributed by atoms with E-state index in [1.807, 2.05) is 0 Å². The Morgan fingerprint density at radius 2 is 1.38 bits per heavy atom. The summed E-state index contributed by atoms with van der Waals surface area (Å²) in [7, 11) is 0. The van der Waals surface area contributed by atoms with Crippen molar-refractivity contribution in [1.29, 1.82) is 0 Å². The topological polar surface area (TPSA) is 0 Å². The molecule has 0 radical (unpaired) electrons. The Morgan fingerprint density at radius 3 is 1.62 bits per heavy atom. The van der Waals surface area contributed by atoms with Crippen molar-refractivity contribution < 1.29 is 0 Å². The van der Waals surface area contributed by atoms with Crippen LogP contribution in [0.3, 0.4) is 0 Å². The van der Waals surface area contributed by atoms with Crippen LogP contribution in [0.15, 0.2) is 0 Å². The van der Waals surface area contributed by atoms with E-state index in [4.69, 9.17) is 0 Å². The minimum atomic E-state index is 0.651. The zero-order valence-corrected chi connectivity index (χ0v) is 10.3. The third-order valence-electron chi connectivity index (χ3n) is 3.86. The summed E-state index contributed by atoms with van der Waals surface area (Å²) in [5, 5.41) is 0. The lowest BCUT2D eigenvalue weighted by molar-refractivity contribution is 0.126. The molecule has 0 saturated carbocycles. The minimum absolute atomic E-state index is 0.651. The van der Waals surface area contributed by atoms with Crippen LogP contribution >= 0.6 is 0 Å². The fourth-order valence-corrected chi connectivity index (χ4v) is 2.75. The first kappa shape index (κ1) is 13.0. The maximum absolute atomic E-state index is 2.44. The van der Waals surface area contributed by atoms with Gasteiger partial charge in [0, 0.05) is 0 Å². The zero-order valence-electron chi connectivity index (χ0n) is 10.3. The molecule has 0 heteroatoms. The molecule has 0 aliphatic heterocycles. The van der Waals surface area contributed by atoms with Gasteiger partial charge in [-0.1, -0.05) is 60.3 Å². The van der Waals surface area contributed by atoms with E-state index in [1.165, 1.54) is 38.5 Å². The predicted octanol–water partition coefficient (Wildman–Crippen LogP) is 5.03. The molecule has 0 heterocycles. The molecule has 0 aromatic heterocycles. The van der Waals surface area contributed by atoms with E-state index in [0.29, 0.717) is 5.41 Å². The SMILES string of the molecule is CCCC(CC)(CCC)C(C)CC. The summed E-state index contributed by atoms with van der Waals surface area (Å²) in [5.41, 5.74) is 0.651. The maximum atomic E-state index is 2.44. The van der Waals surface area contributed by atoms with Gasteiger partial charge in [-0.25, -0.2) is 0 Å². The molecule has 1 atom stereocenters. The van der Waals surface area contributed by atoms with Crippen molar-refractivity contribution >= 4 is 0 Å². The Hall–Kier alpha value is 0. The predicted molar refractivity (Wildman–Crippen MR) is 62.0 cm³/mol. The third-order valence-corrected chi connectivity index (χ3v) is 3.86. The molecule has 0 N–H and O–H groups in total. The normalized spacial score (nSPS) is 14.5. The van der Waals surface area contributed by atoms with Gasteiger partial charge < -0.3 is 0 Å². The Kier molecular flexibility index (Phi) is 6.45. The first-order chi connectivity index (χ1) is 6.16. The lowest BCUT2D eigenvalue weighted by Gasteiger charge is -2.38. The highest BCUT2D eigenvalue weighted by Gasteiger charge is 2.31. The monoisotopic (exact) mass is 184 g/mol. The van der Waals surface area contributed by atoms with E-state index in [0.717, 1.165) is 5.92 Å². The molecule has 13 heavy (non-hydrogen) atoms. The summed E-state index contributed by atoms with van der Waals surface area (Å²) >= 11 is 0. The molecule has 80 valence electrons. The van der Waals surface area contributed by atoms with Crippen LogP contribution in [0.5, 0.6) is 0 Å². The van der Waals surface area contributed by atoms with Crippen molar-refractivity contribution in [2.24, 2.45) is 11.3 Å². The second kappa shape index (κ2) is 6.45. The van der Waals surface area contributed by atoms with Crippen LogP contribution < -0.4 is 0 Å². The van der Waals surface area contributed by atoms with Gasteiger partial charge in [-0.2, -0.15) is 0 Å². The smallest absolute Gasteiger partial charge is 0.0275 e. The van der Waals surface area contributed by atoms with Crippen LogP contribution in [0.1, 0.15) is 73.1 Å². The van der Waals surface area contributed by atoms with Crippen molar-refractivity contribution in [1.82, 2.24) is 0 Å². The minimum Gasteiger partial charge on any atom is -0.0654 e. The molecule has 0 aliphatic rings. The summed E-state index contributed by atoms with van der Waals surface area (Å²) in [6.07, 6.45) is 8.24. The van der Waals surface area contributed by atoms with Gasteiger partial charge in [0.25, 0.3) is 0 Å². The summed E-state index contributed by atoms with van der Waals surface area (Å²) in [6.45, 7) is 11.8. The van der Waals surface area contributed by atoms with Gasteiger partial charge in [-0.3, -0.25) is 0 Å². The van der Waals surface area contributed by atoms with Crippen LogP contribution in [0, 0.1) is 11.3 Å². The molecule has 0 nitrogen and oxygen atoms in total. The van der Waals surface area contributed by atoms with E-state index in [-0.39, 0.29) is 0 Å². The van der Waals surface area contributed by atoms with Crippen LogP contribution in [0.4, 0.5) is 0 Å². The van der Waals surface area contributed by atoms with Gasteiger partial charge in [0.15, 0.2) is 0 Å². The highest BCUT2D eigenvalue weighted by atomic mass is 14.4. The highest BCUT2D eigenvalue weighted by molar-refractivity contribution is 4.81. The standard InChI is InChI=1S/C13H28/c1-6-10-13(9-4,11-7-2)12(5)8-3/h12H,6-11H2,1-5H3. The van der Waals surface area contributed by atoms with Gasteiger partial charge in [0.1, 0.15) is 0 Å². The fourth-order valence-electron chi connectivity index (χ4n) is 2.75.